The molecule has 1 N–H and O–H groups in total. The number of benzene rings is 1. The van der Waals surface area contributed by atoms with Gasteiger partial charge in [0.25, 0.3) is 5.91 Å². The number of rotatable bonds is 6. The highest BCUT2D eigenvalue weighted by atomic mass is 19.4. The standard InChI is InChI=1S/C12H10F5NO4/c13-11(14)22-8-4-2-1-3-7(8)10(20)21-5-9(19)18-6-12(15,16)17/h1-4,11H,5-6H2,(H,18,19). The van der Waals surface area contributed by atoms with Crippen molar-refractivity contribution in [1.29, 1.82) is 0 Å². The summed E-state index contributed by atoms with van der Waals surface area (Å²) in [6.45, 7) is -5.74. The van der Waals surface area contributed by atoms with E-state index in [0.717, 1.165) is 12.1 Å². The lowest BCUT2D eigenvalue weighted by atomic mass is 10.2. The van der Waals surface area contributed by atoms with Crippen LogP contribution in [0, 0.1) is 0 Å². The topological polar surface area (TPSA) is 64.6 Å². The number of amides is 1. The van der Waals surface area contributed by atoms with Crippen LogP contribution in [0.4, 0.5) is 22.0 Å². The molecular formula is C12H10F5NO4. The molecule has 0 atom stereocenters. The van der Waals surface area contributed by atoms with Gasteiger partial charge in [0.1, 0.15) is 17.9 Å². The van der Waals surface area contributed by atoms with Crippen LogP contribution in [0.3, 0.4) is 0 Å². The van der Waals surface area contributed by atoms with Gasteiger partial charge in [-0.1, -0.05) is 12.1 Å². The van der Waals surface area contributed by atoms with Crippen molar-refractivity contribution in [2.24, 2.45) is 0 Å². The first-order valence-corrected chi connectivity index (χ1v) is 5.73. The maximum Gasteiger partial charge on any atom is 0.405 e. The molecule has 0 spiro atoms. The number of para-hydroxylation sites is 1. The fraction of sp³-hybridized carbons (Fsp3) is 0.333. The molecule has 1 amide bonds. The molecule has 0 aliphatic rings. The number of halogens is 5. The summed E-state index contributed by atoms with van der Waals surface area (Å²) in [5.74, 6) is -2.84. The van der Waals surface area contributed by atoms with Crippen molar-refractivity contribution in [2.75, 3.05) is 13.2 Å². The summed E-state index contributed by atoms with van der Waals surface area (Å²) >= 11 is 0. The van der Waals surface area contributed by atoms with Crippen LogP contribution in [0.5, 0.6) is 5.75 Å². The summed E-state index contributed by atoms with van der Waals surface area (Å²) in [5, 5.41) is 1.48. The minimum atomic E-state index is -4.60. The van der Waals surface area contributed by atoms with Crippen LogP contribution < -0.4 is 10.1 Å². The van der Waals surface area contributed by atoms with Gasteiger partial charge in [-0.15, -0.1) is 0 Å². The summed E-state index contributed by atoms with van der Waals surface area (Å²) in [6, 6.07) is 4.84. The van der Waals surface area contributed by atoms with E-state index < -0.39 is 43.6 Å². The van der Waals surface area contributed by atoms with Crippen LogP contribution in [0.1, 0.15) is 10.4 Å². The van der Waals surface area contributed by atoms with Gasteiger partial charge < -0.3 is 14.8 Å². The molecule has 0 aromatic heterocycles. The van der Waals surface area contributed by atoms with Gasteiger partial charge in [0, 0.05) is 0 Å². The molecule has 0 aliphatic heterocycles. The average Bonchev–Trinajstić information content (AvgIpc) is 2.41. The lowest BCUT2D eigenvalue weighted by Crippen LogP contribution is -2.36. The highest BCUT2D eigenvalue weighted by molar-refractivity contribution is 5.93. The summed E-state index contributed by atoms with van der Waals surface area (Å²) in [6.07, 6.45) is -4.60. The Morgan fingerprint density at radius 1 is 1.18 bits per heavy atom. The number of carbonyl (C=O) groups is 2. The molecule has 0 unspecified atom stereocenters. The van der Waals surface area contributed by atoms with Gasteiger partial charge in [-0.05, 0) is 12.1 Å². The number of hydrogen-bond donors (Lipinski definition) is 1. The van der Waals surface area contributed by atoms with Gasteiger partial charge in [-0.3, -0.25) is 4.79 Å². The number of carbonyl (C=O) groups excluding carboxylic acids is 2. The molecule has 0 aliphatic carbocycles. The SMILES string of the molecule is O=C(COC(=O)c1ccccc1OC(F)F)NCC(F)(F)F. The zero-order valence-electron chi connectivity index (χ0n) is 10.8. The molecule has 0 saturated carbocycles. The molecule has 0 heterocycles. The molecule has 1 rings (SSSR count). The van der Waals surface area contributed by atoms with E-state index in [9.17, 15) is 31.5 Å². The molecule has 0 bridgehead atoms. The molecule has 0 fully saturated rings. The summed E-state index contributed by atoms with van der Waals surface area (Å²) < 4.78 is 68.3. The van der Waals surface area contributed by atoms with E-state index >= 15 is 0 Å². The molecule has 10 heteroatoms. The Balaban J connectivity index is 2.57. The van der Waals surface area contributed by atoms with Crippen LogP contribution in [0.2, 0.25) is 0 Å². The Morgan fingerprint density at radius 3 is 2.41 bits per heavy atom. The van der Waals surface area contributed by atoms with Gasteiger partial charge in [0.2, 0.25) is 0 Å². The third-order valence-electron chi connectivity index (χ3n) is 2.14. The Morgan fingerprint density at radius 2 is 1.82 bits per heavy atom. The maximum atomic E-state index is 12.1. The van der Waals surface area contributed by atoms with Crippen molar-refractivity contribution >= 4 is 11.9 Å². The Bertz CT molecular complexity index is 532. The zero-order chi connectivity index (χ0) is 16.8. The van der Waals surface area contributed by atoms with E-state index in [2.05, 4.69) is 9.47 Å². The number of nitrogens with one attached hydrogen (secondary N) is 1. The fourth-order valence-electron chi connectivity index (χ4n) is 1.29. The Labute approximate surface area is 121 Å². The van der Waals surface area contributed by atoms with Crippen molar-refractivity contribution in [2.45, 2.75) is 12.8 Å². The van der Waals surface area contributed by atoms with Crippen LogP contribution in [0.15, 0.2) is 24.3 Å². The average molecular weight is 327 g/mol. The second-order valence-electron chi connectivity index (χ2n) is 3.84. The number of alkyl halides is 5. The lowest BCUT2D eigenvalue weighted by Gasteiger charge is -2.11. The van der Waals surface area contributed by atoms with Gasteiger partial charge in [0.05, 0.1) is 0 Å². The van der Waals surface area contributed by atoms with Crippen molar-refractivity contribution < 1.29 is 41.0 Å². The van der Waals surface area contributed by atoms with Crippen LogP contribution >= 0.6 is 0 Å². The zero-order valence-corrected chi connectivity index (χ0v) is 10.8. The molecule has 1 aromatic carbocycles. The number of esters is 1. The molecule has 1 aromatic rings. The molecule has 0 saturated heterocycles. The normalized spacial score (nSPS) is 11.2. The number of hydrogen-bond acceptors (Lipinski definition) is 4. The minimum absolute atomic E-state index is 0.383. The molecule has 0 radical (unpaired) electrons. The van der Waals surface area contributed by atoms with E-state index in [1.54, 1.807) is 0 Å². The maximum absolute atomic E-state index is 12.1. The van der Waals surface area contributed by atoms with Crippen molar-refractivity contribution in [3.63, 3.8) is 0 Å². The fourth-order valence-corrected chi connectivity index (χ4v) is 1.29. The second kappa shape index (κ2) is 7.57. The van der Waals surface area contributed by atoms with E-state index in [4.69, 9.17) is 0 Å². The quantitative estimate of drug-likeness (QED) is 0.642. The largest absolute Gasteiger partial charge is 0.452 e. The third-order valence-corrected chi connectivity index (χ3v) is 2.14. The molecule has 122 valence electrons. The first kappa shape index (κ1) is 17.7. The van der Waals surface area contributed by atoms with Crippen LogP contribution in [0.25, 0.3) is 0 Å². The van der Waals surface area contributed by atoms with Crippen molar-refractivity contribution in [3.05, 3.63) is 29.8 Å². The monoisotopic (exact) mass is 327 g/mol. The predicted octanol–water partition coefficient (Wildman–Crippen LogP) is 2.12. The third kappa shape index (κ3) is 6.37. The van der Waals surface area contributed by atoms with Gasteiger partial charge in [0.15, 0.2) is 6.61 Å². The van der Waals surface area contributed by atoms with E-state index in [1.165, 1.54) is 17.4 Å². The van der Waals surface area contributed by atoms with Gasteiger partial charge in [-0.25, -0.2) is 4.79 Å². The predicted molar refractivity (Wildman–Crippen MR) is 62.4 cm³/mol. The molecule has 5 nitrogen and oxygen atoms in total. The first-order valence-electron chi connectivity index (χ1n) is 5.73. The second-order valence-corrected chi connectivity index (χ2v) is 3.84. The first-order chi connectivity index (χ1) is 10.2. The summed E-state index contributed by atoms with van der Waals surface area (Å²) in [4.78, 5) is 22.7. The van der Waals surface area contributed by atoms with E-state index in [0.29, 0.717) is 0 Å². The number of ether oxygens (including phenoxy) is 2. The molecule has 22 heavy (non-hydrogen) atoms. The lowest BCUT2D eigenvalue weighted by molar-refractivity contribution is -0.140. The van der Waals surface area contributed by atoms with Crippen molar-refractivity contribution in [1.82, 2.24) is 5.32 Å². The van der Waals surface area contributed by atoms with E-state index in [1.807, 2.05) is 0 Å². The highest BCUT2D eigenvalue weighted by Gasteiger charge is 2.28. The molecular weight excluding hydrogens is 317 g/mol. The summed E-state index contributed by atoms with van der Waals surface area (Å²) in [5.41, 5.74) is -0.383. The van der Waals surface area contributed by atoms with Gasteiger partial charge >= 0.3 is 18.8 Å². The summed E-state index contributed by atoms with van der Waals surface area (Å²) in [7, 11) is 0. The van der Waals surface area contributed by atoms with Crippen LogP contribution in [-0.2, 0) is 9.53 Å². The van der Waals surface area contributed by atoms with Crippen molar-refractivity contribution in [3.8, 4) is 5.75 Å². The van der Waals surface area contributed by atoms with Crippen LogP contribution in [-0.4, -0.2) is 37.8 Å². The minimum Gasteiger partial charge on any atom is -0.452 e. The van der Waals surface area contributed by atoms with E-state index in [-0.39, 0.29) is 5.56 Å². The highest BCUT2D eigenvalue weighted by Crippen LogP contribution is 2.21. The Hall–Kier alpha value is -2.39. The smallest absolute Gasteiger partial charge is 0.405 e. The Kier molecular flexibility index (Phi) is 6.08. The van der Waals surface area contributed by atoms with Gasteiger partial charge in [-0.2, -0.15) is 22.0 Å².